The molecule has 3 aliphatic rings. The second-order valence-corrected chi connectivity index (χ2v) is 7.42. The monoisotopic (exact) mass is 331 g/mol. The topological polar surface area (TPSA) is 26.8 Å². The number of likely N-dealkylation sites (N-methyl/N-ethyl adjacent to an activating group) is 1. The van der Waals surface area contributed by atoms with Gasteiger partial charge in [0, 0.05) is 45.3 Å². The molecule has 3 fully saturated rings. The summed E-state index contributed by atoms with van der Waals surface area (Å²) in [6.45, 7) is 9.56. The molecule has 4 nitrogen and oxygen atoms in total. The Kier molecular flexibility index (Phi) is 4.09. The van der Waals surface area contributed by atoms with Crippen molar-refractivity contribution in [3.05, 3.63) is 35.6 Å². The van der Waals surface area contributed by atoms with Crippen LogP contribution in [0, 0.1) is 5.82 Å². The molecule has 0 spiro atoms. The van der Waals surface area contributed by atoms with Gasteiger partial charge in [0.15, 0.2) is 0 Å². The average Bonchev–Trinajstić information content (AvgIpc) is 3.36. The molecule has 1 amide bonds. The van der Waals surface area contributed by atoms with Crippen LogP contribution in [0.5, 0.6) is 0 Å². The first-order valence-corrected chi connectivity index (χ1v) is 9.14. The van der Waals surface area contributed by atoms with Crippen molar-refractivity contribution < 1.29 is 9.18 Å². The van der Waals surface area contributed by atoms with Gasteiger partial charge in [0.2, 0.25) is 5.91 Å². The van der Waals surface area contributed by atoms with E-state index in [1.165, 1.54) is 12.1 Å². The molecular weight excluding hydrogens is 305 g/mol. The van der Waals surface area contributed by atoms with E-state index in [1.807, 2.05) is 4.90 Å². The lowest BCUT2D eigenvalue weighted by Gasteiger charge is -2.49. The third-order valence-corrected chi connectivity index (χ3v) is 6.08. The van der Waals surface area contributed by atoms with E-state index in [9.17, 15) is 9.18 Å². The summed E-state index contributed by atoms with van der Waals surface area (Å²) in [5.74, 6) is 0.00906. The molecular formula is C19H26FN3O. The van der Waals surface area contributed by atoms with Crippen LogP contribution in [0.2, 0.25) is 0 Å². The van der Waals surface area contributed by atoms with Gasteiger partial charge in [0.05, 0.1) is 5.41 Å². The Bertz CT molecular complexity index is 600. The highest BCUT2D eigenvalue weighted by molar-refractivity contribution is 5.92. The Morgan fingerprint density at radius 1 is 1.12 bits per heavy atom. The van der Waals surface area contributed by atoms with Crippen LogP contribution in [0.15, 0.2) is 24.3 Å². The number of benzene rings is 1. The van der Waals surface area contributed by atoms with Crippen molar-refractivity contribution >= 4 is 5.91 Å². The molecule has 130 valence electrons. The van der Waals surface area contributed by atoms with Crippen LogP contribution < -0.4 is 0 Å². The van der Waals surface area contributed by atoms with Gasteiger partial charge in [-0.3, -0.25) is 9.69 Å². The molecule has 0 atom stereocenters. The molecule has 0 N–H and O–H groups in total. The van der Waals surface area contributed by atoms with Gasteiger partial charge in [0.25, 0.3) is 0 Å². The summed E-state index contributed by atoms with van der Waals surface area (Å²) in [7, 11) is 0. The van der Waals surface area contributed by atoms with E-state index in [0.717, 1.165) is 64.2 Å². The summed E-state index contributed by atoms with van der Waals surface area (Å²) in [6.07, 6.45) is 1.79. The lowest BCUT2D eigenvalue weighted by molar-refractivity contribution is -0.142. The molecule has 5 heteroatoms. The minimum atomic E-state index is -0.362. The van der Waals surface area contributed by atoms with Crippen molar-refractivity contribution in [3.63, 3.8) is 0 Å². The third kappa shape index (κ3) is 2.74. The Labute approximate surface area is 143 Å². The van der Waals surface area contributed by atoms with Gasteiger partial charge in [0.1, 0.15) is 5.82 Å². The Balaban J connectivity index is 1.34. The van der Waals surface area contributed by atoms with Gasteiger partial charge >= 0.3 is 0 Å². The van der Waals surface area contributed by atoms with E-state index in [2.05, 4.69) is 16.7 Å². The number of rotatable bonds is 4. The first-order valence-electron chi connectivity index (χ1n) is 9.14. The minimum absolute atomic E-state index is 0.239. The van der Waals surface area contributed by atoms with E-state index >= 15 is 0 Å². The van der Waals surface area contributed by atoms with Crippen molar-refractivity contribution in [1.82, 2.24) is 14.7 Å². The third-order valence-electron chi connectivity index (χ3n) is 6.08. The van der Waals surface area contributed by atoms with Crippen molar-refractivity contribution in [2.45, 2.75) is 31.2 Å². The van der Waals surface area contributed by atoms with Crippen molar-refractivity contribution in [2.24, 2.45) is 0 Å². The zero-order valence-corrected chi connectivity index (χ0v) is 14.4. The second kappa shape index (κ2) is 6.12. The number of likely N-dealkylation sites (tertiary alicyclic amines) is 1. The predicted octanol–water partition coefficient (Wildman–Crippen LogP) is 1.71. The molecule has 1 aromatic carbocycles. The van der Waals surface area contributed by atoms with Crippen LogP contribution in [0.3, 0.4) is 0 Å². The van der Waals surface area contributed by atoms with Crippen LogP contribution in [0.25, 0.3) is 0 Å². The molecule has 0 unspecified atom stereocenters. The van der Waals surface area contributed by atoms with E-state index in [4.69, 9.17) is 0 Å². The maximum Gasteiger partial charge on any atom is 0.233 e. The first kappa shape index (κ1) is 16.0. The van der Waals surface area contributed by atoms with Crippen molar-refractivity contribution in [3.8, 4) is 0 Å². The zero-order valence-electron chi connectivity index (χ0n) is 14.4. The number of carbonyl (C=O) groups is 1. The molecule has 4 rings (SSSR count). The molecule has 24 heavy (non-hydrogen) atoms. The molecule has 1 aromatic rings. The van der Waals surface area contributed by atoms with Crippen LogP contribution >= 0.6 is 0 Å². The Morgan fingerprint density at radius 3 is 2.29 bits per heavy atom. The standard InChI is InChI=1S/C19H26FN3O/c1-2-21-9-11-22(12-10-21)17-13-23(14-17)18(24)19(7-8-19)15-3-5-16(20)6-4-15/h3-6,17H,2,7-14H2,1H3. The molecule has 0 aromatic heterocycles. The van der Waals surface area contributed by atoms with Crippen molar-refractivity contribution in [2.75, 3.05) is 45.8 Å². The lowest BCUT2D eigenvalue weighted by atomic mass is 9.92. The van der Waals surface area contributed by atoms with E-state index in [-0.39, 0.29) is 17.1 Å². The predicted molar refractivity (Wildman–Crippen MR) is 91.4 cm³/mol. The fraction of sp³-hybridized carbons (Fsp3) is 0.632. The van der Waals surface area contributed by atoms with Crippen LogP contribution in [0.4, 0.5) is 4.39 Å². The quantitative estimate of drug-likeness (QED) is 0.840. The number of carbonyl (C=O) groups excluding carboxylic acids is 1. The summed E-state index contributed by atoms with van der Waals surface area (Å²) in [5.41, 5.74) is 0.619. The van der Waals surface area contributed by atoms with Crippen LogP contribution in [-0.2, 0) is 10.2 Å². The first-order chi connectivity index (χ1) is 11.6. The van der Waals surface area contributed by atoms with Gasteiger partial charge < -0.3 is 9.80 Å². The maximum atomic E-state index is 13.1. The Morgan fingerprint density at radius 2 is 1.75 bits per heavy atom. The van der Waals surface area contributed by atoms with E-state index in [1.54, 1.807) is 12.1 Å². The fourth-order valence-corrected chi connectivity index (χ4v) is 4.12. The van der Waals surface area contributed by atoms with E-state index in [0.29, 0.717) is 6.04 Å². The molecule has 2 aliphatic heterocycles. The van der Waals surface area contributed by atoms with E-state index < -0.39 is 0 Å². The summed E-state index contributed by atoms with van der Waals surface area (Å²) in [6, 6.07) is 7.02. The number of hydrogen-bond donors (Lipinski definition) is 0. The van der Waals surface area contributed by atoms with Gasteiger partial charge in [-0.2, -0.15) is 0 Å². The van der Waals surface area contributed by atoms with Crippen LogP contribution in [0.1, 0.15) is 25.3 Å². The Hall–Kier alpha value is -1.46. The minimum Gasteiger partial charge on any atom is -0.339 e. The summed E-state index contributed by atoms with van der Waals surface area (Å²) in [4.78, 5) is 19.9. The number of halogens is 1. The number of nitrogens with zero attached hydrogens (tertiary/aromatic N) is 3. The summed E-state index contributed by atoms with van der Waals surface area (Å²) < 4.78 is 13.1. The number of piperazine rings is 1. The van der Waals surface area contributed by atoms with Gasteiger partial charge in [-0.25, -0.2) is 4.39 Å². The van der Waals surface area contributed by atoms with Gasteiger partial charge in [-0.15, -0.1) is 0 Å². The molecule has 1 saturated carbocycles. The SMILES string of the molecule is CCN1CCN(C2CN(C(=O)C3(c4ccc(F)cc4)CC3)C2)CC1. The van der Waals surface area contributed by atoms with Crippen LogP contribution in [-0.4, -0.2) is 72.5 Å². The molecule has 2 saturated heterocycles. The van der Waals surface area contributed by atoms with Gasteiger partial charge in [-0.05, 0) is 37.1 Å². The fourth-order valence-electron chi connectivity index (χ4n) is 4.12. The highest BCUT2D eigenvalue weighted by atomic mass is 19.1. The van der Waals surface area contributed by atoms with Crippen molar-refractivity contribution in [1.29, 1.82) is 0 Å². The largest absolute Gasteiger partial charge is 0.339 e. The highest BCUT2D eigenvalue weighted by Crippen LogP contribution is 2.50. The molecule has 0 bridgehead atoms. The molecule has 0 radical (unpaired) electrons. The summed E-state index contributed by atoms with van der Waals surface area (Å²) >= 11 is 0. The smallest absolute Gasteiger partial charge is 0.233 e. The normalized spacial score (nSPS) is 24.7. The number of amides is 1. The second-order valence-electron chi connectivity index (χ2n) is 7.42. The number of hydrogen-bond acceptors (Lipinski definition) is 3. The highest BCUT2D eigenvalue weighted by Gasteiger charge is 2.55. The maximum absolute atomic E-state index is 13.1. The molecule has 2 heterocycles. The zero-order chi connectivity index (χ0) is 16.7. The van der Waals surface area contributed by atoms with Gasteiger partial charge in [-0.1, -0.05) is 19.1 Å². The summed E-state index contributed by atoms with van der Waals surface area (Å²) in [5, 5.41) is 0. The average molecular weight is 331 g/mol. The lowest BCUT2D eigenvalue weighted by Crippen LogP contribution is -2.65. The molecule has 1 aliphatic carbocycles.